The predicted molar refractivity (Wildman–Crippen MR) is 229 cm³/mol. The molecule has 0 N–H and O–H groups in total. The van der Waals surface area contributed by atoms with Crippen molar-refractivity contribution in [1.82, 2.24) is 29.6 Å². The van der Waals surface area contributed by atoms with Gasteiger partial charge < -0.3 is 19.6 Å². The van der Waals surface area contributed by atoms with E-state index in [1.54, 1.807) is 12.4 Å². The Morgan fingerprint density at radius 2 is 1.02 bits per heavy atom. The Morgan fingerprint density at radius 1 is 0.621 bits per heavy atom. The fraction of sp³-hybridized carbons (Fsp3) is 0.542. The number of likely N-dealkylation sites (tertiary alicyclic amines) is 4. The van der Waals surface area contributed by atoms with Crippen molar-refractivity contribution >= 4 is 33.6 Å². The van der Waals surface area contributed by atoms with Crippen molar-refractivity contribution in [1.29, 1.82) is 10.5 Å². The van der Waals surface area contributed by atoms with Gasteiger partial charge in [0.15, 0.2) is 0 Å². The Balaban J connectivity index is 0.000000177. The van der Waals surface area contributed by atoms with Gasteiger partial charge in [-0.2, -0.15) is 10.5 Å². The number of hydrogen-bond acceptors (Lipinski definition) is 8. The molecule has 8 rings (SSSR count). The van der Waals surface area contributed by atoms with Gasteiger partial charge in [0.05, 0.1) is 22.2 Å². The van der Waals surface area contributed by atoms with Crippen molar-refractivity contribution in [3.8, 4) is 12.1 Å². The molecule has 4 aromatic rings. The Labute approximate surface area is 344 Å². The van der Waals surface area contributed by atoms with Gasteiger partial charge in [0.1, 0.15) is 12.1 Å². The quantitative estimate of drug-likeness (QED) is 0.197. The molecule has 0 radical (unpaired) electrons. The molecule has 2 aromatic carbocycles. The molecule has 304 valence electrons. The zero-order chi connectivity index (χ0) is 40.8. The van der Waals surface area contributed by atoms with E-state index in [2.05, 4.69) is 93.9 Å². The van der Waals surface area contributed by atoms with Gasteiger partial charge in [0.25, 0.3) is 0 Å². The van der Waals surface area contributed by atoms with E-state index in [1.165, 1.54) is 11.1 Å². The number of pyridine rings is 2. The third-order valence-corrected chi connectivity index (χ3v) is 13.4. The van der Waals surface area contributed by atoms with Crippen molar-refractivity contribution in [2.75, 3.05) is 66.5 Å². The van der Waals surface area contributed by atoms with Gasteiger partial charge in [0, 0.05) is 74.0 Å². The smallest absolute Gasteiger partial charge is 0.222 e. The summed E-state index contributed by atoms with van der Waals surface area (Å²) in [6.45, 7) is 12.1. The van der Waals surface area contributed by atoms with Crippen LogP contribution in [0.15, 0.2) is 60.9 Å². The van der Waals surface area contributed by atoms with Crippen molar-refractivity contribution in [3.05, 3.63) is 83.2 Å². The Kier molecular flexibility index (Phi) is 13.4. The summed E-state index contributed by atoms with van der Waals surface area (Å²) in [6, 6.07) is 20.4. The van der Waals surface area contributed by atoms with Crippen LogP contribution in [-0.4, -0.2) is 108 Å². The molecule has 4 saturated heterocycles. The van der Waals surface area contributed by atoms with Crippen LogP contribution in [0.25, 0.3) is 21.8 Å². The zero-order valence-corrected chi connectivity index (χ0v) is 34.9. The van der Waals surface area contributed by atoms with Gasteiger partial charge in [-0.3, -0.25) is 19.6 Å². The lowest BCUT2D eigenvalue weighted by Gasteiger charge is -2.38. The summed E-state index contributed by atoms with van der Waals surface area (Å²) < 4.78 is 0. The molecule has 10 heteroatoms. The van der Waals surface area contributed by atoms with Crippen LogP contribution in [0.5, 0.6) is 0 Å². The van der Waals surface area contributed by atoms with E-state index in [0.717, 1.165) is 113 Å². The highest BCUT2D eigenvalue weighted by molar-refractivity contribution is 5.88. The minimum atomic E-state index is 0.291. The maximum Gasteiger partial charge on any atom is 0.222 e. The van der Waals surface area contributed by atoms with Crippen LogP contribution in [0, 0.1) is 46.3 Å². The van der Waals surface area contributed by atoms with Crippen LogP contribution in [0.2, 0.25) is 0 Å². The first-order valence-corrected chi connectivity index (χ1v) is 21.6. The van der Waals surface area contributed by atoms with Crippen LogP contribution >= 0.6 is 0 Å². The van der Waals surface area contributed by atoms with Crippen LogP contribution < -0.4 is 0 Å². The number of rotatable bonds is 6. The van der Waals surface area contributed by atoms with E-state index in [-0.39, 0.29) is 0 Å². The van der Waals surface area contributed by atoms with Gasteiger partial charge in [-0.25, -0.2) is 0 Å². The van der Waals surface area contributed by atoms with Crippen molar-refractivity contribution in [2.45, 2.75) is 77.0 Å². The summed E-state index contributed by atoms with van der Waals surface area (Å²) >= 11 is 0. The second-order valence-corrected chi connectivity index (χ2v) is 18.0. The highest BCUT2D eigenvalue weighted by Crippen LogP contribution is 2.37. The fourth-order valence-electron chi connectivity index (χ4n) is 10.1. The van der Waals surface area contributed by atoms with E-state index in [1.807, 2.05) is 24.3 Å². The third kappa shape index (κ3) is 9.68. The molecule has 4 aliphatic rings. The number of aromatic nitrogens is 2. The normalized spacial score (nSPS) is 23.8. The lowest BCUT2D eigenvalue weighted by molar-refractivity contribution is -0.135. The lowest BCUT2D eigenvalue weighted by atomic mass is 9.83. The highest BCUT2D eigenvalue weighted by Gasteiger charge is 2.33. The maximum atomic E-state index is 13.1. The standard InChI is InChI=1S/2C24H30N4O/c2*1-17-12-20(21-6-5-19(14-25)24-22(21)4-3-9-26-24)16-28(15-17)23(29)13-18-7-10-27(2)11-8-18/h2*3-6,9,17-18,20H,7-8,10-13,15-16H2,1-2H3/t2*17-,20?/m11/s1. The number of fused-ring (bicyclic) bond motifs is 2. The predicted octanol–water partition coefficient (Wildman–Crippen LogP) is 7.58. The maximum absolute atomic E-state index is 13.1. The van der Waals surface area contributed by atoms with E-state index in [9.17, 15) is 20.1 Å². The summed E-state index contributed by atoms with van der Waals surface area (Å²) in [5, 5.41) is 20.9. The van der Waals surface area contributed by atoms with Gasteiger partial charge in [0.2, 0.25) is 11.8 Å². The van der Waals surface area contributed by atoms with Gasteiger partial charge in [-0.15, -0.1) is 0 Å². The van der Waals surface area contributed by atoms with Gasteiger partial charge in [-0.1, -0.05) is 38.1 Å². The third-order valence-electron chi connectivity index (χ3n) is 13.4. The second-order valence-electron chi connectivity index (χ2n) is 18.0. The summed E-state index contributed by atoms with van der Waals surface area (Å²) in [5.41, 5.74) is 5.21. The number of nitriles is 2. The number of nitrogens with zero attached hydrogens (tertiary/aromatic N) is 8. The van der Waals surface area contributed by atoms with Gasteiger partial charge >= 0.3 is 0 Å². The molecule has 0 bridgehead atoms. The van der Waals surface area contributed by atoms with E-state index >= 15 is 0 Å². The van der Waals surface area contributed by atoms with E-state index in [0.29, 0.717) is 71.3 Å². The fourth-order valence-corrected chi connectivity index (χ4v) is 10.1. The Hall–Kier alpha value is -4.90. The number of carbonyl (C=O) groups excluding carboxylic acids is 2. The molecular formula is C48H60N8O2. The molecule has 0 spiro atoms. The lowest BCUT2D eigenvalue weighted by Crippen LogP contribution is -2.43. The first-order chi connectivity index (χ1) is 28.1. The average Bonchev–Trinajstić information content (AvgIpc) is 3.24. The molecule has 2 amide bonds. The minimum Gasteiger partial charge on any atom is -0.342 e. The van der Waals surface area contributed by atoms with Crippen LogP contribution in [0.1, 0.15) is 99.3 Å². The first-order valence-electron chi connectivity index (χ1n) is 21.6. The van der Waals surface area contributed by atoms with Crippen molar-refractivity contribution in [3.63, 3.8) is 0 Å². The molecule has 58 heavy (non-hydrogen) atoms. The first kappa shape index (κ1) is 41.3. The minimum absolute atomic E-state index is 0.291. The molecule has 6 heterocycles. The topological polar surface area (TPSA) is 120 Å². The van der Waals surface area contributed by atoms with Crippen LogP contribution in [0.4, 0.5) is 0 Å². The molecule has 0 aliphatic carbocycles. The molecular weight excluding hydrogens is 721 g/mol. The summed E-state index contributed by atoms with van der Waals surface area (Å²) in [4.78, 5) is 44.0. The molecule has 10 nitrogen and oxygen atoms in total. The number of carbonyl (C=O) groups is 2. The number of amides is 2. The molecule has 2 unspecified atom stereocenters. The SMILES string of the molecule is C[C@@H]1CC(c2ccc(C#N)c3ncccc23)CN(C(=O)CC2CCN(C)CC2)C1.C[C@@H]1CC(c2ccc(C#N)c3ncccc23)CN(C(=O)CC2CCN(C)CC2)C1. The average molecular weight is 781 g/mol. The molecule has 2 aromatic heterocycles. The summed E-state index contributed by atoms with van der Waals surface area (Å²) in [5.74, 6) is 3.19. The number of benzene rings is 2. The molecule has 0 saturated carbocycles. The van der Waals surface area contributed by atoms with E-state index in [4.69, 9.17) is 0 Å². The van der Waals surface area contributed by atoms with Crippen LogP contribution in [-0.2, 0) is 9.59 Å². The molecule has 4 aliphatic heterocycles. The molecule has 4 fully saturated rings. The van der Waals surface area contributed by atoms with Gasteiger partial charge in [-0.05, 0) is 138 Å². The van der Waals surface area contributed by atoms with Crippen molar-refractivity contribution < 1.29 is 9.59 Å². The summed E-state index contributed by atoms with van der Waals surface area (Å²) in [7, 11) is 4.32. The monoisotopic (exact) mass is 780 g/mol. The Bertz CT molecular complexity index is 2010. The summed E-state index contributed by atoms with van der Waals surface area (Å²) in [6.07, 6.45) is 11.5. The highest BCUT2D eigenvalue weighted by atomic mass is 16.2. The van der Waals surface area contributed by atoms with E-state index < -0.39 is 0 Å². The second kappa shape index (κ2) is 18.8. The van der Waals surface area contributed by atoms with Crippen LogP contribution in [0.3, 0.4) is 0 Å². The zero-order valence-electron chi connectivity index (χ0n) is 34.9. The number of piperidine rings is 4. The van der Waals surface area contributed by atoms with Crippen molar-refractivity contribution in [2.24, 2.45) is 23.7 Å². The Morgan fingerprint density at radius 3 is 1.40 bits per heavy atom. The number of hydrogen-bond donors (Lipinski definition) is 0. The largest absolute Gasteiger partial charge is 0.342 e. The molecule has 4 atom stereocenters.